The Kier molecular flexibility index (Phi) is 5.80. The third-order valence-corrected chi connectivity index (χ3v) is 3.34. The van der Waals surface area contributed by atoms with Gasteiger partial charge in [-0.05, 0) is 27.2 Å². The smallest absolute Gasteiger partial charge is 0.317 e. The molecule has 6 nitrogen and oxygen atoms in total. The van der Waals surface area contributed by atoms with Gasteiger partial charge in [-0.3, -0.25) is 4.79 Å². The lowest BCUT2D eigenvalue weighted by Gasteiger charge is -2.41. The van der Waals surface area contributed by atoms with E-state index in [1.165, 1.54) is 0 Å². The molecule has 0 radical (unpaired) electrons. The Labute approximate surface area is 120 Å². The summed E-state index contributed by atoms with van der Waals surface area (Å²) in [4.78, 5) is 24.9. The lowest BCUT2D eigenvalue weighted by Crippen LogP contribution is -2.56. The molecule has 116 valence electrons. The number of rotatable bonds is 5. The average molecular weight is 286 g/mol. The molecule has 1 aliphatic rings. The van der Waals surface area contributed by atoms with Gasteiger partial charge in [-0.2, -0.15) is 0 Å². The Morgan fingerprint density at radius 1 is 1.50 bits per heavy atom. The molecule has 1 aliphatic heterocycles. The second kappa shape index (κ2) is 6.92. The van der Waals surface area contributed by atoms with Crippen molar-refractivity contribution < 1.29 is 19.4 Å². The highest BCUT2D eigenvalue weighted by molar-refractivity contribution is 5.76. The summed E-state index contributed by atoms with van der Waals surface area (Å²) >= 11 is 0. The summed E-state index contributed by atoms with van der Waals surface area (Å²) in [5.41, 5.74) is -0.370. The predicted octanol–water partition coefficient (Wildman–Crippen LogP) is 1.70. The van der Waals surface area contributed by atoms with E-state index < -0.39 is 11.9 Å². The second-order valence-corrected chi connectivity index (χ2v) is 6.08. The van der Waals surface area contributed by atoms with Crippen molar-refractivity contribution in [2.45, 2.75) is 52.2 Å². The molecule has 0 aliphatic carbocycles. The van der Waals surface area contributed by atoms with Gasteiger partial charge in [0.1, 0.15) is 0 Å². The fraction of sp³-hybridized carbons (Fsp3) is 0.857. The van der Waals surface area contributed by atoms with E-state index in [-0.39, 0.29) is 24.3 Å². The van der Waals surface area contributed by atoms with Gasteiger partial charge in [0.25, 0.3) is 0 Å². The number of nitrogens with one attached hydrogen (secondary N) is 1. The first-order valence-electron chi connectivity index (χ1n) is 7.18. The molecule has 20 heavy (non-hydrogen) atoms. The minimum atomic E-state index is -0.858. The number of amides is 2. The molecule has 1 saturated heterocycles. The van der Waals surface area contributed by atoms with Crippen LogP contribution in [0.4, 0.5) is 4.79 Å². The summed E-state index contributed by atoms with van der Waals surface area (Å²) in [7, 11) is 0. The van der Waals surface area contributed by atoms with Gasteiger partial charge in [-0.1, -0.05) is 13.3 Å². The molecular weight excluding hydrogens is 260 g/mol. The van der Waals surface area contributed by atoms with Gasteiger partial charge in [0.2, 0.25) is 0 Å². The van der Waals surface area contributed by atoms with Crippen LogP contribution in [0.1, 0.15) is 40.5 Å². The number of urea groups is 1. The highest BCUT2D eigenvalue weighted by Gasteiger charge is 2.33. The maximum Gasteiger partial charge on any atom is 0.317 e. The van der Waals surface area contributed by atoms with Crippen LogP contribution in [-0.4, -0.2) is 53.3 Å². The van der Waals surface area contributed by atoms with Gasteiger partial charge in [0.15, 0.2) is 0 Å². The second-order valence-electron chi connectivity index (χ2n) is 6.08. The van der Waals surface area contributed by atoms with Crippen molar-refractivity contribution in [3.8, 4) is 0 Å². The molecule has 0 aromatic rings. The molecular formula is C14H26N2O4. The fourth-order valence-corrected chi connectivity index (χ4v) is 2.59. The Morgan fingerprint density at radius 2 is 2.15 bits per heavy atom. The van der Waals surface area contributed by atoms with Crippen molar-refractivity contribution >= 4 is 12.0 Å². The molecule has 2 amide bonds. The zero-order valence-corrected chi connectivity index (χ0v) is 12.8. The molecule has 1 rings (SSSR count). The van der Waals surface area contributed by atoms with Crippen LogP contribution in [0.5, 0.6) is 0 Å². The summed E-state index contributed by atoms with van der Waals surface area (Å²) in [5, 5.41) is 11.8. The third-order valence-electron chi connectivity index (χ3n) is 3.34. The molecule has 0 aromatic carbocycles. The molecule has 2 N–H and O–H groups in total. The Morgan fingerprint density at radius 3 is 2.65 bits per heavy atom. The van der Waals surface area contributed by atoms with Crippen LogP contribution < -0.4 is 5.32 Å². The summed E-state index contributed by atoms with van der Waals surface area (Å²) in [6, 6.07) is -0.212. The maximum atomic E-state index is 12.1. The van der Waals surface area contributed by atoms with Crippen LogP contribution in [0.25, 0.3) is 0 Å². The monoisotopic (exact) mass is 286 g/mol. The first-order chi connectivity index (χ1) is 9.25. The molecule has 0 spiro atoms. The normalized spacial score (nSPS) is 23.2. The standard InChI is InChI=1S/C14H26N2O4/c1-5-6-11(12(17)18)7-15-13(19)16-8-10(2)20-14(3,4)9-16/h10-11H,5-9H2,1-4H3,(H,15,19)(H,17,18). The quantitative estimate of drug-likeness (QED) is 0.806. The lowest BCUT2D eigenvalue weighted by molar-refractivity contribution is -0.141. The molecule has 1 fully saturated rings. The van der Waals surface area contributed by atoms with E-state index in [2.05, 4.69) is 5.32 Å². The summed E-state index contributed by atoms with van der Waals surface area (Å²) in [6.45, 7) is 8.96. The minimum absolute atomic E-state index is 0.0181. The number of nitrogens with zero attached hydrogens (tertiary/aromatic N) is 1. The lowest BCUT2D eigenvalue weighted by atomic mass is 10.0. The first kappa shape index (κ1) is 16.8. The number of carbonyl (C=O) groups excluding carboxylic acids is 1. The van der Waals surface area contributed by atoms with Crippen LogP contribution in [0.15, 0.2) is 0 Å². The van der Waals surface area contributed by atoms with Gasteiger partial charge in [-0.15, -0.1) is 0 Å². The van der Waals surface area contributed by atoms with E-state index in [0.717, 1.165) is 6.42 Å². The van der Waals surface area contributed by atoms with Crippen LogP contribution in [0.2, 0.25) is 0 Å². The molecule has 1 heterocycles. The van der Waals surface area contributed by atoms with E-state index in [4.69, 9.17) is 9.84 Å². The van der Waals surface area contributed by atoms with Gasteiger partial charge in [0.05, 0.1) is 24.2 Å². The molecule has 0 aromatic heterocycles. The fourth-order valence-electron chi connectivity index (χ4n) is 2.59. The predicted molar refractivity (Wildman–Crippen MR) is 75.6 cm³/mol. The van der Waals surface area contributed by atoms with Gasteiger partial charge in [-0.25, -0.2) is 4.79 Å². The number of aliphatic carboxylic acids is 1. The number of carboxylic acids is 1. The number of carboxylic acid groups (broad SMARTS) is 1. The highest BCUT2D eigenvalue weighted by Crippen LogP contribution is 2.20. The number of ether oxygens (including phenoxy) is 1. The molecule has 2 unspecified atom stereocenters. The van der Waals surface area contributed by atoms with Crippen molar-refractivity contribution in [1.82, 2.24) is 10.2 Å². The van der Waals surface area contributed by atoms with Crippen molar-refractivity contribution in [2.24, 2.45) is 5.92 Å². The van der Waals surface area contributed by atoms with Crippen molar-refractivity contribution in [3.63, 3.8) is 0 Å². The Balaban J connectivity index is 2.51. The topological polar surface area (TPSA) is 78.9 Å². The van der Waals surface area contributed by atoms with E-state index in [0.29, 0.717) is 19.5 Å². The van der Waals surface area contributed by atoms with E-state index in [1.807, 2.05) is 27.7 Å². The van der Waals surface area contributed by atoms with Crippen molar-refractivity contribution in [3.05, 3.63) is 0 Å². The molecule has 0 saturated carbocycles. The van der Waals surface area contributed by atoms with Crippen LogP contribution in [0.3, 0.4) is 0 Å². The molecule has 0 bridgehead atoms. The van der Waals surface area contributed by atoms with Crippen molar-refractivity contribution in [2.75, 3.05) is 19.6 Å². The maximum absolute atomic E-state index is 12.1. The zero-order chi connectivity index (χ0) is 15.3. The SMILES string of the molecule is CCCC(CNC(=O)N1CC(C)OC(C)(C)C1)C(=O)O. The van der Waals surface area contributed by atoms with Crippen LogP contribution in [-0.2, 0) is 9.53 Å². The zero-order valence-electron chi connectivity index (χ0n) is 12.8. The number of hydrogen-bond acceptors (Lipinski definition) is 3. The summed E-state index contributed by atoms with van der Waals surface area (Å²) < 4.78 is 5.74. The van der Waals surface area contributed by atoms with Gasteiger partial charge in [0, 0.05) is 13.1 Å². The summed E-state index contributed by atoms with van der Waals surface area (Å²) in [6.07, 6.45) is 1.34. The van der Waals surface area contributed by atoms with Crippen LogP contribution in [0, 0.1) is 5.92 Å². The largest absolute Gasteiger partial charge is 0.481 e. The minimum Gasteiger partial charge on any atom is -0.481 e. The van der Waals surface area contributed by atoms with E-state index in [1.54, 1.807) is 4.90 Å². The molecule has 6 heteroatoms. The Hall–Kier alpha value is -1.30. The Bertz CT molecular complexity index is 357. The van der Waals surface area contributed by atoms with E-state index >= 15 is 0 Å². The number of hydrogen-bond donors (Lipinski definition) is 2. The number of carbonyl (C=O) groups is 2. The third kappa shape index (κ3) is 5.00. The molecule has 2 atom stereocenters. The highest BCUT2D eigenvalue weighted by atomic mass is 16.5. The summed E-state index contributed by atoms with van der Waals surface area (Å²) in [5.74, 6) is -1.38. The van der Waals surface area contributed by atoms with Gasteiger partial charge >= 0.3 is 12.0 Å². The van der Waals surface area contributed by atoms with E-state index in [9.17, 15) is 9.59 Å². The average Bonchev–Trinajstić information content (AvgIpc) is 2.31. The first-order valence-corrected chi connectivity index (χ1v) is 7.18. The van der Waals surface area contributed by atoms with Crippen molar-refractivity contribution in [1.29, 1.82) is 0 Å². The van der Waals surface area contributed by atoms with Crippen LogP contribution >= 0.6 is 0 Å². The number of morpholine rings is 1. The van der Waals surface area contributed by atoms with Gasteiger partial charge < -0.3 is 20.1 Å².